The van der Waals surface area contributed by atoms with Gasteiger partial charge in [-0.15, -0.1) is 0 Å². The molecule has 1 heterocycles. The van der Waals surface area contributed by atoms with Gasteiger partial charge in [-0.05, 0) is 55.3 Å². The largest absolute Gasteiger partial charge is 0.361 e. The van der Waals surface area contributed by atoms with E-state index in [-0.39, 0.29) is 17.3 Å². The first-order chi connectivity index (χ1) is 9.01. The minimum atomic E-state index is -0.654. The highest BCUT2D eigenvalue weighted by atomic mass is 16.5. The zero-order valence-electron chi connectivity index (χ0n) is 14.5. The highest BCUT2D eigenvalue weighted by Crippen LogP contribution is 2.39. The van der Waals surface area contributed by atoms with Crippen LogP contribution in [0.15, 0.2) is 0 Å². The van der Waals surface area contributed by atoms with Crippen molar-refractivity contribution in [2.75, 3.05) is 33.7 Å². The Morgan fingerprint density at radius 2 is 1.80 bits per heavy atom. The van der Waals surface area contributed by atoms with Gasteiger partial charge in [0, 0.05) is 19.1 Å². The normalized spacial score (nSPS) is 26.5. The van der Waals surface area contributed by atoms with E-state index in [2.05, 4.69) is 37.7 Å². The third-order valence-corrected chi connectivity index (χ3v) is 4.34. The quantitative estimate of drug-likeness (QED) is 0.747. The van der Waals surface area contributed by atoms with E-state index < -0.39 is 5.60 Å². The van der Waals surface area contributed by atoms with Crippen molar-refractivity contribution in [3.8, 4) is 0 Å². The van der Waals surface area contributed by atoms with E-state index in [4.69, 9.17) is 4.74 Å². The smallest absolute Gasteiger partial charge is 0.171 e. The van der Waals surface area contributed by atoms with Crippen molar-refractivity contribution in [2.45, 2.75) is 58.8 Å². The van der Waals surface area contributed by atoms with E-state index in [9.17, 15) is 4.79 Å². The van der Waals surface area contributed by atoms with Crippen LogP contribution in [-0.2, 0) is 9.53 Å². The Kier molecular flexibility index (Phi) is 5.39. The van der Waals surface area contributed by atoms with Crippen molar-refractivity contribution >= 4 is 5.78 Å². The molecule has 2 unspecified atom stereocenters. The first kappa shape index (κ1) is 17.6. The first-order valence-corrected chi connectivity index (χ1v) is 7.64. The Labute approximate surface area is 124 Å². The van der Waals surface area contributed by atoms with Crippen molar-refractivity contribution in [3.05, 3.63) is 0 Å². The summed E-state index contributed by atoms with van der Waals surface area (Å²) in [5.74, 6) is 0.181. The zero-order valence-corrected chi connectivity index (χ0v) is 14.5. The Hall–Kier alpha value is -0.450. The zero-order chi connectivity index (χ0) is 15.7. The monoisotopic (exact) mass is 284 g/mol. The fourth-order valence-corrected chi connectivity index (χ4v) is 3.32. The standard InChI is InChI=1S/C16H32N2O2/c1-9-18(12(2)10-17(7)8)11-13-14(19)16(5,6)20-15(13,3)4/h12-13H,9-11H2,1-8H3. The Morgan fingerprint density at radius 1 is 1.25 bits per heavy atom. The molecule has 1 aliphatic heterocycles. The topological polar surface area (TPSA) is 32.8 Å². The van der Waals surface area contributed by atoms with Crippen LogP contribution in [0.4, 0.5) is 0 Å². The molecule has 4 nitrogen and oxygen atoms in total. The van der Waals surface area contributed by atoms with Crippen LogP contribution in [0.5, 0.6) is 0 Å². The molecule has 4 heteroatoms. The lowest BCUT2D eigenvalue weighted by Gasteiger charge is -2.34. The summed E-state index contributed by atoms with van der Waals surface area (Å²) in [5.41, 5.74) is -1.04. The number of hydrogen-bond donors (Lipinski definition) is 0. The molecular weight excluding hydrogens is 252 g/mol. The van der Waals surface area contributed by atoms with Gasteiger partial charge in [0.05, 0.1) is 11.5 Å². The average molecular weight is 284 g/mol. The Balaban J connectivity index is 2.81. The second kappa shape index (κ2) is 6.12. The van der Waals surface area contributed by atoms with E-state index in [1.165, 1.54) is 0 Å². The van der Waals surface area contributed by atoms with Crippen LogP contribution in [0.2, 0.25) is 0 Å². The maximum Gasteiger partial charge on any atom is 0.171 e. The molecule has 2 atom stereocenters. The summed E-state index contributed by atoms with van der Waals surface area (Å²) in [7, 11) is 4.17. The lowest BCUT2D eigenvalue weighted by Crippen LogP contribution is -2.47. The molecule has 0 aromatic carbocycles. The minimum absolute atomic E-state index is 0.0536. The van der Waals surface area contributed by atoms with Crippen molar-refractivity contribution in [1.82, 2.24) is 9.80 Å². The first-order valence-electron chi connectivity index (χ1n) is 7.64. The number of nitrogens with zero attached hydrogens (tertiary/aromatic N) is 2. The fraction of sp³-hybridized carbons (Fsp3) is 0.938. The molecule has 0 aromatic rings. The second-order valence-electron chi connectivity index (χ2n) is 7.33. The summed E-state index contributed by atoms with van der Waals surface area (Å²) in [6.45, 7) is 15.0. The molecule has 0 N–H and O–H groups in total. The van der Waals surface area contributed by atoms with Crippen molar-refractivity contribution in [1.29, 1.82) is 0 Å². The molecule has 0 aliphatic carbocycles. The number of hydrogen-bond acceptors (Lipinski definition) is 4. The van der Waals surface area contributed by atoms with Crippen LogP contribution in [-0.4, -0.2) is 66.6 Å². The lowest BCUT2D eigenvalue weighted by atomic mass is 9.85. The Bertz CT molecular complexity index is 350. The van der Waals surface area contributed by atoms with Gasteiger partial charge >= 0.3 is 0 Å². The fourth-order valence-electron chi connectivity index (χ4n) is 3.32. The highest BCUT2D eigenvalue weighted by molar-refractivity contribution is 5.91. The minimum Gasteiger partial charge on any atom is -0.361 e. The molecule has 0 amide bonds. The molecule has 1 fully saturated rings. The SMILES string of the molecule is CCN(CC1C(=O)C(C)(C)OC1(C)C)C(C)CN(C)C. The number of likely N-dealkylation sites (N-methyl/N-ethyl adjacent to an activating group) is 2. The number of ether oxygens (including phenoxy) is 1. The Morgan fingerprint density at radius 3 is 2.15 bits per heavy atom. The molecule has 1 aliphatic rings. The summed E-state index contributed by atoms with van der Waals surface area (Å²) >= 11 is 0. The molecular formula is C16H32N2O2. The van der Waals surface area contributed by atoms with Gasteiger partial charge in [-0.1, -0.05) is 6.92 Å². The molecule has 0 saturated carbocycles. The molecule has 0 aromatic heterocycles. The van der Waals surface area contributed by atoms with Crippen LogP contribution in [0, 0.1) is 5.92 Å². The average Bonchev–Trinajstić information content (AvgIpc) is 2.40. The van der Waals surface area contributed by atoms with Crippen molar-refractivity contribution in [2.24, 2.45) is 5.92 Å². The summed E-state index contributed by atoms with van der Waals surface area (Å²) in [4.78, 5) is 17.2. The van der Waals surface area contributed by atoms with Gasteiger partial charge < -0.3 is 9.64 Å². The summed E-state index contributed by atoms with van der Waals surface area (Å²) < 4.78 is 5.98. The van der Waals surface area contributed by atoms with E-state index in [0.29, 0.717) is 6.04 Å². The van der Waals surface area contributed by atoms with Gasteiger partial charge in [0.2, 0.25) is 0 Å². The van der Waals surface area contributed by atoms with E-state index in [0.717, 1.165) is 19.6 Å². The maximum atomic E-state index is 12.6. The number of carbonyl (C=O) groups is 1. The van der Waals surface area contributed by atoms with Crippen LogP contribution < -0.4 is 0 Å². The predicted molar refractivity (Wildman–Crippen MR) is 83.0 cm³/mol. The van der Waals surface area contributed by atoms with Gasteiger partial charge in [0.1, 0.15) is 5.60 Å². The number of carbonyl (C=O) groups excluding carboxylic acids is 1. The molecule has 0 spiro atoms. The van der Waals surface area contributed by atoms with E-state index >= 15 is 0 Å². The van der Waals surface area contributed by atoms with Gasteiger partial charge in [0.25, 0.3) is 0 Å². The molecule has 0 bridgehead atoms. The van der Waals surface area contributed by atoms with Crippen LogP contribution in [0.25, 0.3) is 0 Å². The van der Waals surface area contributed by atoms with Crippen LogP contribution >= 0.6 is 0 Å². The number of Topliss-reactive ketones (excluding diaryl/α,β-unsaturated/α-hetero) is 1. The van der Waals surface area contributed by atoms with Gasteiger partial charge in [-0.3, -0.25) is 9.69 Å². The van der Waals surface area contributed by atoms with Crippen molar-refractivity contribution in [3.63, 3.8) is 0 Å². The summed E-state index contributed by atoms with van der Waals surface area (Å²) in [5, 5.41) is 0. The third kappa shape index (κ3) is 3.80. The summed E-state index contributed by atoms with van der Waals surface area (Å²) in [6.07, 6.45) is 0. The molecule has 1 saturated heterocycles. The lowest BCUT2D eigenvalue weighted by molar-refractivity contribution is -0.132. The van der Waals surface area contributed by atoms with Crippen LogP contribution in [0.1, 0.15) is 41.5 Å². The molecule has 20 heavy (non-hydrogen) atoms. The molecule has 1 rings (SSSR count). The number of rotatable bonds is 6. The highest BCUT2D eigenvalue weighted by Gasteiger charge is 2.53. The van der Waals surface area contributed by atoms with Crippen LogP contribution in [0.3, 0.4) is 0 Å². The maximum absolute atomic E-state index is 12.6. The van der Waals surface area contributed by atoms with Gasteiger partial charge in [-0.2, -0.15) is 0 Å². The summed E-state index contributed by atoms with van der Waals surface area (Å²) in [6, 6.07) is 0.433. The number of ketones is 1. The molecule has 118 valence electrons. The van der Waals surface area contributed by atoms with E-state index in [1.54, 1.807) is 0 Å². The predicted octanol–water partition coefficient (Wildman–Crippen LogP) is 2.03. The van der Waals surface area contributed by atoms with E-state index in [1.807, 2.05) is 27.7 Å². The molecule has 0 radical (unpaired) electrons. The van der Waals surface area contributed by atoms with Gasteiger partial charge in [0.15, 0.2) is 5.78 Å². The van der Waals surface area contributed by atoms with Crippen molar-refractivity contribution < 1.29 is 9.53 Å². The third-order valence-electron chi connectivity index (χ3n) is 4.34. The second-order valence-corrected chi connectivity index (χ2v) is 7.33. The van der Waals surface area contributed by atoms with Gasteiger partial charge in [-0.25, -0.2) is 0 Å².